The summed E-state index contributed by atoms with van der Waals surface area (Å²) in [6.07, 6.45) is -2.95. The Balaban J connectivity index is 1.90. The fraction of sp³-hybridized carbons (Fsp3) is 0.111. The molecule has 0 spiro atoms. The number of pyridine rings is 1. The van der Waals surface area contributed by atoms with Gasteiger partial charge in [-0.05, 0) is 41.1 Å². The molecule has 0 aliphatic carbocycles. The summed E-state index contributed by atoms with van der Waals surface area (Å²) in [5.41, 5.74) is 1.39. The van der Waals surface area contributed by atoms with Crippen molar-refractivity contribution in [1.29, 1.82) is 0 Å². The standard InChI is InChI=1S/C18H13F3N2O2/c19-18(20,21)17(25)23-13-5-3-4-11(9-13)8-12-10-22-16(24)15-7-2-1-6-14(12)15/h1-7,9-10H,8H2,(H,22,24)(H,23,25). The third-order valence-electron chi connectivity index (χ3n) is 3.73. The van der Waals surface area contributed by atoms with Crippen LogP contribution >= 0.6 is 0 Å². The van der Waals surface area contributed by atoms with Crippen LogP contribution in [-0.4, -0.2) is 17.1 Å². The largest absolute Gasteiger partial charge is 0.471 e. The molecule has 0 radical (unpaired) electrons. The topological polar surface area (TPSA) is 62.0 Å². The summed E-state index contributed by atoms with van der Waals surface area (Å²) in [6.45, 7) is 0. The number of benzene rings is 2. The number of nitrogens with one attached hydrogen (secondary N) is 2. The van der Waals surface area contributed by atoms with Crippen molar-refractivity contribution < 1.29 is 18.0 Å². The van der Waals surface area contributed by atoms with Crippen LogP contribution in [-0.2, 0) is 11.2 Å². The van der Waals surface area contributed by atoms with Crippen molar-refractivity contribution in [3.8, 4) is 0 Å². The molecule has 0 unspecified atom stereocenters. The molecule has 2 aromatic carbocycles. The van der Waals surface area contributed by atoms with Crippen LogP contribution in [0.5, 0.6) is 0 Å². The van der Waals surface area contributed by atoms with Gasteiger partial charge < -0.3 is 10.3 Å². The molecule has 0 saturated carbocycles. The predicted molar refractivity (Wildman–Crippen MR) is 88.5 cm³/mol. The van der Waals surface area contributed by atoms with Crippen molar-refractivity contribution in [2.24, 2.45) is 0 Å². The number of H-pyrrole nitrogens is 1. The summed E-state index contributed by atoms with van der Waals surface area (Å²) in [4.78, 5) is 25.5. The average Bonchev–Trinajstić information content (AvgIpc) is 2.57. The zero-order valence-corrected chi connectivity index (χ0v) is 12.9. The van der Waals surface area contributed by atoms with Gasteiger partial charge in [0.15, 0.2) is 0 Å². The van der Waals surface area contributed by atoms with Gasteiger partial charge in [0, 0.05) is 17.3 Å². The average molecular weight is 346 g/mol. The van der Waals surface area contributed by atoms with E-state index in [1.807, 2.05) is 17.4 Å². The third kappa shape index (κ3) is 3.71. The van der Waals surface area contributed by atoms with Crippen LogP contribution in [0.15, 0.2) is 59.5 Å². The Kier molecular flexibility index (Phi) is 4.31. The lowest BCUT2D eigenvalue weighted by molar-refractivity contribution is -0.167. The first-order valence-electron chi connectivity index (χ1n) is 7.41. The van der Waals surface area contributed by atoms with Crippen LogP contribution in [0.2, 0.25) is 0 Å². The van der Waals surface area contributed by atoms with Gasteiger partial charge in [-0.25, -0.2) is 0 Å². The number of anilines is 1. The minimum Gasteiger partial charge on any atom is -0.328 e. The summed E-state index contributed by atoms with van der Waals surface area (Å²) >= 11 is 0. The van der Waals surface area contributed by atoms with Crippen molar-refractivity contribution in [2.75, 3.05) is 5.32 Å². The second kappa shape index (κ2) is 6.43. The van der Waals surface area contributed by atoms with Gasteiger partial charge in [0.25, 0.3) is 5.56 Å². The zero-order valence-electron chi connectivity index (χ0n) is 12.9. The second-order valence-electron chi connectivity index (χ2n) is 5.52. The molecule has 1 aromatic heterocycles. The first-order chi connectivity index (χ1) is 11.8. The van der Waals surface area contributed by atoms with E-state index in [1.54, 1.807) is 30.5 Å². The molecule has 1 heterocycles. The number of halogens is 3. The SMILES string of the molecule is O=C(Nc1cccc(Cc2c[nH]c(=O)c3ccccc23)c1)C(F)(F)F. The molecular weight excluding hydrogens is 333 g/mol. The van der Waals surface area contributed by atoms with E-state index in [4.69, 9.17) is 0 Å². The number of carbonyl (C=O) groups excluding carboxylic acids is 1. The Morgan fingerprint density at radius 2 is 1.76 bits per heavy atom. The predicted octanol–water partition coefficient (Wildman–Crippen LogP) is 3.62. The Labute approximate surface area is 140 Å². The minimum absolute atomic E-state index is 0.0635. The normalized spacial score (nSPS) is 11.5. The summed E-state index contributed by atoms with van der Waals surface area (Å²) in [7, 11) is 0. The monoisotopic (exact) mass is 346 g/mol. The van der Waals surface area contributed by atoms with Gasteiger partial charge >= 0.3 is 12.1 Å². The van der Waals surface area contributed by atoms with E-state index >= 15 is 0 Å². The van der Waals surface area contributed by atoms with Crippen LogP contribution in [0.4, 0.5) is 18.9 Å². The Morgan fingerprint density at radius 1 is 1.04 bits per heavy atom. The van der Waals surface area contributed by atoms with Gasteiger partial charge in [0.05, 0.1) is 0 Å². The lowest BCUT2D eigenvalue weighted by atomic mass is 10.0. The van der Waals surface area contributed by atoms with Crippen LogP contribution in [0.3, 0.4) is 0 Å². The molecule has 7 heteroatoms. The number of fused-ring (bicyclic) bond motifs is 1. The smallest absolute Gasteiger partial charge is 0.328 e. The highest BCUT2D eigenvalue weighted by molar-refractivity contribution is 5.95. The van der Waals surface area contributed by atoms with E-state index in [-0.39, 0.29) is 11.2 Å². The minimum atomic E-state index is -4.94. The van der Waals surface area contributed by atoms with E-state index in [2.05, 4.69) is 4.98 Å². The molecule has 1 amide bonds. The molecule has 0 aliphatic rings. The van der Waals surface area contributed by atoms with Gasteiger partial charge in [-0.1, -0.05) is 30.3 Å². The lowest BCUT2D eigenvalue weighted by Gasteiger charge is -2.10. The van der Waals surface area contributed by atoms with Crippen molar-refractivity contribution in [3.63, 3.8) is 0 Å². The van der Waals surface area contributed by atoms with Gasteiger partial charge in [0.2, 0.25) is 0 Å². The molecule has 4 nitrogen and oxygen atoms in total. The summed E-state index contributed by atoms with van der Waals surface area (Å²) in [6, 6.07) is 13.3. The molecular formula is C18H13F3N2O2. The summed E-state index contributed by atoms with van der Waals surface area (Å²) in [5, 5.41) is 3.15. The Bertz CT molecular complexity index is 993. The number of hydrogen-bond donors (Lipinski definition) is 2. The molecule has 3 aromatic rings. The fourth-order valence-corrected chi connectivity index (χ4v) is 2.60. The second-order valence-corrected chi connectivity index (χ2v) is 5.52. The fourth-order valence-electron chi connectivity index (χ4n) is 2.60. The maximum atomic E-state index is 12.3. The van der Waals surface area contributed by atoms with E-state index in [1.165, 1.54) is 12.1 Å². The molecule has 0 saturated heterocycles. The van der Waals surface area contributed by atoms with Gasteiger partial charge in [0.1, 0.15) is 0 Å². The zero-order chi connectivity index (χ0) is 18.0. The molecule has 2 N–H and O–H groups in total. The Hall–Kier alpha value is -3.09. The van der Waals surface area contributed by atoms with E-state index in [9.17, 15) is 22.8 Å². The van der Waals surface area contributed by atoms with Crippen molar-refractivity contribution in [1.82, 2.24) is 4.98 Å². The van der Waals surface area contributed by atoms with Crippen LogP contribution in [0.1, 0.15) is 11.1 Å². The quantitative estimate of drug-likeness (QED) is 0.761. The first kappa shape index (κ1) is 16.8. The number of amides is 1. The molecule has 128 valence electrons. The van der Waals surface area contributed by atoms with E-state index < -0.39 is 12.1 Å². The van der Waals surface area contributed by atoms with Gasteiger partial charge in [-0.3, -0.25) is 9.59 Å². The Morgan fingerprint density at radius 3 is 2.48 bits per heavy atom. The number of alkyl halides is 3. The maximum Gasteiger partial charge on any atom is 0.471 e. The molecule has 0 fully saturated rings. The van der Waals surface area contributed by atoms with Crippen LogP contribution in [0.25, 0.3) is 10.8 Å². The van der Waals surface area contributed by atoms with Crippen molar-refractivity contribution in [2.45, 2.75) is 12.6 Å². The number of carbonyl (C=O) groups is 1. The molecule has 25 heavy (non-hydrogen) atoms. The lowest BCUT2D eigenvalue weighted by Crippen LogP contribution is -2.29. The van der Waals surface area contributed by atoms with E-state index in [0.717, 1.165) is 10.9 Å². The number of aromatic nitrogens is 1. The van der Waals surface area contributed by atoms with Crippen molar-refractivity contribution >= 4 is 22.4 Å². The van der Waals surface area contributed by atoms with Crippen LogP contribution in [0, 0.1) is 0 Å². The highest BCUT2D eigenvalue weighted by Gasteiger charge is 2.38. The van der Waals surface area contributed by atoms with Crippen molar-refractivity contribution in [3.05, 3.63) is 76.2 Å². The molecule has 0 bridgehead atoms. The third-order valence-corrected chi connectivity index (χ3v) is 3.73. The number of rotatable bonds is 3. The summed E-state index contributed by atoms with van der Waals surface area (Å²) < 4.78 is 37.0. The molecule has 0 aliphatic heterocycles. The number of hydrogen-bond acceptors (Lipinski definition) is 2. The highest BCUT2D eigenvalue weighted by atomic mass is 19.4. The van der Waals surface area contributed by atoms with Gasteiger partial charge in [-0.2, -0.15) is 13.2 Å². The van der Waals surface area contributed by atoms with Gasteiger partial charge in [-0.15, -0.1) is 0 Å². The maximum absolute atomic E-state index is 12.3. The number of aromatic amines is 1. The molecule has 3 rings (SSSR count). The van der Waals surface area contributed by atoms with E-state index in [0.29, 0.717) is 17.4 Å². The summed E-state index contributed by atoms with van der Waals surface area (Å²) in [5.74, 6) is -2.01. The molecule has 0 atom stereocenters. The highest BCUT2D eigenvalue weighted by Crippen LogP contribution is 2.22. The van der Waals surface area contributed by atoms with Crippen LogP contribution < -0.4 is 10.9 Å². The first-order valence-corrected chi connectivity index (χ1v) is 7.41.